The Balaban J connectivity index is 0.000000177. The smallest absolute Gasteiger partial charge is 0.225 e. The molecule has 0 bridgehead atoms. The summed E-state index contributed by atoms with van der Waals surface area (Å²) in [5.74, 6) is 5.73. The van der Waals surface area contributed by atoms with Crippen LogP contribution in [0.2, 0.25) is 0 Å². The number of aromatic nitrogens is 1. The second-order valence-electron chi connectivity index (χ2n) is 5.27. The maximum Gasteiger partial charge on any atom is 0.225 e. The average Bonchev–Trinajstić information content (AvgIpc) is 2.54. The third-order valence-electron chi connectivity index (χ3n) is 3.45. The summed E-state index contributed by atoms with van der Waals surface area (Å²) in [7, 11) is -4.27. The van der Waals surface area contributed by atoms with Crippen molar-refractivity contribution in [3.05, 3.63) is 72.1 Å². The molecule has 7 heteroatoms. The van der Waals surface area contributed by atoms with Gasteiger partial charge < -0.3 is 10.3 Å². The van der Waals surface area contributed by atoms with Crippen molar-refractivity contribution >= 4 is 20.9 Å². The van der Waals surface area contributed by atoms with Gasteiger partial charge in [-0.2, -0.15) is 0 Å². The van der Waals surface area contributed by atoms with Crippen molar-refractivity contribution in [3.8, 4) is 0 Å². The van der Waals surface area contributed by atoms with Gasteiger partial charge in [-0.3, -0.25) is 0 Å². The first-order valence-electron chi connectivity index (χ1n) is 7.22. The maximum absolute atomic E-state index is 10.4. The highest BCUT2D eigenvalue weighted by Gasteiger charge is 2.07. The first-order chi connectivity index (χ1) is 11.3. The lowest BCUT2D eigenvalue weighted by molar-refractivity contribution is -0.645. The zero-order chi connectivity index (χ0) is 17.7. The molecule has 0 unspecified atom stereocenters. The van der Waals surface area contributed by atoms with Gasteiger partial charge in [0.25, 0.3) is 0 Å². The van der Waals surface area contributed by atoms with Gasteiger partial charge in [-0.25, -0.2) is 14.3 Å². The highest BCUT2D eigenvalue weighted by Crippen LogP contribution is 2.11. The van der Waals surface area contributed by atoms with Crippen LogP contribution in [-0.4, -0.2) is 13.0 Å². The first kappa shape index (κ1) is 17.9. The molecule has 0 fully saturated rings. The van der Waals surface area contributed by atoms with Gasteiger partial charge in [0.1, 0.15) is 10.1 Å². The van der Waals surface area contributed by atoms with Crippen LogP contribution in [0.5, 0.6) is 0 Å². The van der Waals surface area contributed by atoms with E-state index < -0.39 is 10.1 Å². The van der Waals surface area contributed by atoms with E-state index in [0.29, 0.717) is 6.54 Å². The molecule has 3 rings (SSSR count). The third kappa shape index (κ3) is 4.51. The van der Waals surface area contributed by atoms with E-state index in [0.717, 1.165) is 16.6 Å². The summed E-state index contributed by atoms with van der Waals surface area (Å²) in [6.45, 7) is 2.28. The molecule has 0 amide bonds. The number of rotatable bonds is 2. The van der Waals surface area contributed by atoms with E-state index in [2.05, 4.69) is 6.07 Å². The van der Waals surface area contributed by atoms with E-state index in [1.165, 1.54) is 17.5 Å². The molecule has 0 aliphatic rings. The van der Waals surface area contributed by atoms with Gasteiger partial charge in [-0.15, -0.1) is 0 Å². The Kier molecular flexibility index (Phi) is 5.50. The highest BCUT2D eigenvalue weighted by molar-refractivity contribution is 7.85. The summed E-state index contributed by atoms with van der Waals surface area (Å²) < 4.78 is 32.7. The fourth-order valence-electron chi connectivity index (χ4n) is 2.12. The molecule has 0 aliphatic heterocycles. The van der Waals surface area contributed by atoms with Crippen molar-refractivity contribution < 1.29 is 17.6 Å². The molecule has 6 nitrogen and oxygen atoms in total. The van der Waals surface area contributed by atoms with Gasteiger partial charge in [-0.1, -0.05) is 40.6 Å². The van der Waals surface area contributed by atoms with E-state index >= 15 is 0 Å². The van der Waals surface area contributed by atoms with E-state index in [1.54, 1.807) is 16.8 Å². The minimum Gasteiger partial charge on any atom is -0.744 e. The second-order valence-corrected chi connectivity index (χ2v) is 6.65. The average molecular weight is 345 g/mol. The van der Waals surface area contributed by atoms with Gasteiger partial charge in [0, 0.05) is 11.5 Å². The molecule has 1 aromatic heterocycles. The van der Waals surface area contributed by atoms with Crippen LogP contribution in [0.3, 0.4) is 0 Å². The zero-order valence-electron chi connectivity index (χ0n) is 13.2. The van der Waals surface area contributed by atoms with Crippen molar-refractivity contribution in [1.29, 1.82) is 0 Å². The molecule has 1 heterocycles. The van der Waals surface area contributed by atoms with E-state index in [-0.39, 0.29) is 4.90 Å². The van der Waals surface area contributed by atoms with E-state index in [1.807, 2.05) is 37.4 Å². The van der Waals surface area contributed by atoms with E-state index in [9.17, 15) is 13.0 Å². The van der Waals surface area contributed by atoms with Crippen LogP contribution in [0.25, 0.3) is 10.8 Å². The largest absolute Gasteiger partial charge is 0.744 e. The Morgan fingerprint density at radius 3 is 2.17 bits per heavy atom. The number of hydrogen-bond donors (Lipinski definition) is 2. The monoisotopic (exact) mass is 345 g/mol. The fourth-order valence-corrected chi connectivity index (χ4v) is 2.59. The number of nitrogens with two attached hydrogens (primary N) is 2. The minimum atomic E-state index is -4.27. The third-order valence-corrected chi connectivity index (χ3v) is 4.30. The summed E-state index contributed by atoms with van der Waals surface area (Å²) in [5, 5.41) is 2.30. The Hall–Kier alpha value is -2.48. The Morgan fingerprint density at radius 2 is 1.62 bits per heavy atom. The number of fused-ring (bicyclic) bond motifs is 1. The molecule has 126 valence electrons. The predicted octanol–water partition coefficient (Wildman–Crippen LogP) is 1.20. The van der Waals surface area contributed by atoms with Crippen molar-refractivity contribution in [2.24, 2.45) is 5.73 Å². The van der Waals surface area contributed by atoms with Gasteiger partial charge in [0.15, 0.2) is 0 Å². The standard InChI is InChI=1S/C10H12N3.C7H8O3S/c11-6-10-5-8-3-1-2-4-9(8)7-13(10)12;1-6-2-4-7(5-3-6)11(8,9)10/h1-5,7H,6,11-12H2;2-5H,1H3,(H,8,9,10)/q+1;/p-1. The quantitative estimate of drug-likeness (QED) is 0.411. The summed E-state index contributed by atoms with van der Waals surface area (Å²) in [5.41, 5.74) is 7.40. The number of aryl methyl sites for hydroxylation is 1. The number of nitrogen functional groups attached to an aromatic ring is 1. The van der Waals surface area contributed by atoms with Crippen molar-refractivity contribution in [2.45, 2.75) is 18.4 Å². The van der Waals surface area contributed by atoms with Crippen molar-refractivity contribution in [1.82, 2.24) is 0 Å². The molecule has 24 heavy (non-hydrogen) atoms. The molecular weight excluding hydrogens is 326 g/mol. The SMILES string of the molecule is Cc1ccc(S(=O)(=O)[O-])cc1.NCc1cc2ccccc2c[n+]1N. The molecule has 2 aromatic carbocycles. The van der Waals surface area contributed by atoms with Gasteiger partial charge in [-0.05, 0) is 30.5 Å². The molecule has 0 saturated heterocycles. The van der Waals surface area contributed by atoms with Gasteiger partial charge in [0.05, 0.1) is 11.4 Å². The Morgan fingerprint density at radius 1 is 1.04 bits per heavy atom. The lowest BCUT2D eigenvalue weighted by atomic mass is 10.1. The number of pyridine rings is 1. The van der Waals surface area contributed by atoms with Crippen LogP contribution in [0.15, 0.2) is 65.7 Å². The molecule has 0 saturated carbocycles. The van der Waals surface area contributed by atoms with E-state index in [4.69, 9.17) is 11.6 Å². The number of hydrogen-bond acceptors (Lipinski definition) is 5. The lowest BCUT2D eigenvalue weighted by Gasteiger charge is -2.05. The van der Waals surface area contributed by atoms with Crippen LogP contribution >= 0.6 is 0 Å². The Bertz CT molecular complexity index is 939. The van der Waals surface area contributed by atoms with Crippen LogP contribution in [0.4, 0.5) is 0 Å². The van der Waals surface area contributed by atoms with Crippen molar-refractivity contribution in [2.75, 3.05) is 5.84 Å². The predicted molar refractivity (Wildman–Crippen MR) is 91.3 cm³/mol. The van der Waals surface area contributed by atoms with Crippen LogP contribution in [-0.2, 0) is 16.7 Å². The Labute approximate surface area is 141 Å². The lowest BCUT2D eigenvalue weighted by Crippen LogP contribution is -2.48. The molecule has 3 aromatic rings. The molecule has 0 aliphatic carbocycles. The highest BCUT2D eigenvalue weighted by atomic mass is 32.2. The fraction of sp³-hybridized carbons (Fsp3) is 0.118. The summed E-state index contributed by atoms with van der Waals surface area (Å²) in [6.07, 6.45) is 1.89. The molecular formula is C17H19N3O3S. The molecule has 0 spiro atoms. The van der Waals surface area contributed by atoms with Crippen LogP contribution in [0.1, 0.15) is 11.3 Å². The van der Waals surface area contributed by atoms with Crippen molar-refractivity contribution in [3.63, 3.8) is 0 Å². The maximum atomic E-state index is 10.4. The normalized spacial score (nSPS) is 11.0. The van der Waals surface area contributed by atoms with Crippen LogP contribution < -0.4 is 16.3 Å². The number of nitrogens with zero attached hydrogens (tertiary/aromatic N) is 1. The molecule has 0 atom stereocenters. The summed E-state index contributed by atoms with van der Waals surface area (Å²) in [6, 6.07) is 15.9. The molecule has 4 N–H and O–H groups in total. The van der Waals surface area contributed by atoms with Gasteiger partial charge >= 0.3 is 0 Å². The van der Waals surface area contributed by atoms with Crippen LogP contribution in [0, 0.1) is 6.92 Å². The molecule has 0 radical (unpaired) electrons. The summed E-state index contributed by atoms with van der Waals surface area (Å²) in [4.78, 5) is -0.178. The topological polar surface area (TPSA) is 113 Å². The minimum absolute atomic E-state index is 0.178. The zero-order valence-corrected chi connectivity index (χ0v) is 14.0. The van der Waals surface area contributed by atoms with Gasteiger partial charge in [0.2, 0.25) is 11.9 Å². The summed E-state index contributed by atoms with van der Waals surface area (Å²) >= 11 is 0. The second kappa shape index (κ2) is 7.39. The first-order valence-corrected chi connectivity index (χ1v) is 8.63. The number of benzene rings is 2.